The number of hydrogen-bond donors (Lipinski definition) is 2. The molecule has 0 spiro atoms. The van der Waals surface area contributed by atoms with E-state index >= 15 is 0 Å². The standard InChI is InChI=1S/C14H14FN3OS/c15-10-3-1-9(2-4-10)14-18-12(8-20-14)13(19)17-11-5-6-16-7-11/h1-4,8,11,16H,5-7H2,(H,17,19). The maximum Gasteiger partial charge on any atom is 0.271 e. The highest BCUT2D eigenvalue weighted by Crippen LogP contribution is 2.23. The smallest absolute Gasteiger partial charge is 0.271 e. The van der Waals surface area contributed by atoms with Crippen molar-refractivity contribution in [2.45, 2.75) is 12.5 Å². The van der Waals surface area contributed by atoms with Crippen LogP contribution in [0.4, 0.5) is 4.39 Å². The van der Waals surface area contributed by atoms with Gasteiger partial charge in [0.05, 0.1) is 0 Å². The fourth-order valence-corrected chi connectivity index (χ4v) is 2.95. The molecular weight excluding hydrogens is 277 g/mol. The fourth-order valence-electron chi connectivity index (χ4n) is 2.14. The van der Waals surface area contributed by atoms with Gasteiger partial charge >= 0.3 is 0 Å². The highest BCUT2D eigenvalue weighted by Gasteiger charge is 2.19. The lowest BCUT2D eigenvalue weighted by molar-refractivity contribution is 0.0936. The molecule has 1 aliphatic rings. The molecule has 3 rings (SSSR count). The zero-order valence-corrected chi connectivity index (χ0v) is 11.5. The Kier molecular flexibility index (Phi) is 3.75. The third-order valence-electron chi connectivity index (χ3n) is 3.22. The van der Waals surface area contributed by atoms with Crippen LogP contribution in [0.3, 0.4) is 0 Å². The molecule has 2 heterocycles. The van der Waals surface area contributed by atoms with Gasteiger partial charge in [0, 0.05) is 23.5 Å². The number of hydrogen-bond acceptors (Lipinski definition) is 4. The van der Waals surface area contributed by atoms with Crippen LogP contribution in [0.15, 0.2) is 29.6 Å². The Hall–Kier alpha value is -1.79. The maximum absolute atomic E-state index is 12.9. The van der Waals surface area contributed by atoms with Crippen molar-refractivity contribution in [2.75, 3.05) is 13.1 Å². The number of carbonyl (C=O) groups excluding carboxylic acids is 1. The van der Waals surface area contributed by atoms with E-state index in [1.54, 1.807) is 17.5 Å². The highest BCUT2D eigenvalue weighted by atomic mass is 32.1. The third-order valence-corrected chi connectivity index (χ3v) is 4.11. The van der Waals surface area contributed by atoms with Crippen molar-refractivity contribution in [3.63, 3.8) is 0 Å². The molecule has 0 aliphatic carbocycles. The first-order chi connectivity index (χ1) is 9.72. The molecule has 1 aliphatic heterocycles. The number of halogens is 1. The lowest BCUT2D eigenvalue weighted by atomic mass is 10.2. The number of carbonyl (C=O) groups is 1. The highest BCUT2D eigenvalue weighted by molar-refractivity contribution is 7.13. The van der Waals surface area contributed by atoms with Crippen LogP contribution in [0.2, 0.25) is 0 Å². The Morgan fingerprint density at radius 2 is 2.20 bits per heavy atom. The van der Waals surface area contributed by atoms with Crippen LogP contribution in [0, 0.1) is 5.82 Å². The minimum atomic E-state index is -0.281. The van der Waals surface area contributed by atoms with Gasteiger partial charge in [-0.25, -0.2) is 9.37 Å². The Labute approximate surface area is 120 Å². The molecule has 1 fully saturated rings. The molecule has 104 valence electrons. The summed E-state index contributed by atoms with van der Waals surface area (Å²) in [7, 11) is 0. The molecule has 4 nitrogen and oxygen atoms in total. The second-order valence-electron chi connectivity index (χ2n) is 4.71. The molecule has 2 aromatic rings. The Balaban J connectivity index is 1.72. The minimum Gasteiger partial charge on any atom is -0.347 e. The number of amides is 1. The number of aromatic nitrogens is 1. The van der Waals surface area contributed by atoms with E-state index < -0.39 is 0 Å². The van der Waals surface area contributed by atoms with E-state index in [1.165, 1.54) is 23.5 Å². The zero-order valence-electron chi connectivity index (χ0n) is 10.7. The number of nitrogens with zero attached hydrogens (tertiary/aromatic N) is 1. The monoisotopic (exact) mass is 291 g/mol. The molecule has 6 heteroatoms. The molecular formula is C14H14FN3OS. The van der Waals surface area contributed by atoms with E-state index in [4.69, 9.17) is 0 Å². The summed E-state index contributed by atoms with van der Waals surface area (Å²) in [4.78, 5) is 16.4. The van der Waals surface area contributed by atoms with Gasteiger partial charge < -0.3 is 10.6 Å². The van der Waals surface area contributed by atoms with E-state index in [9.17, 15) is 9.18 Å². The molecule has 1 aromatic heterocycles. The van der Waals surface area contributed by atoms with Gasteiger partial charge in [-0.3, -0.25) is 4.79 Å². The molecule has 0 bridgehead atoms. The van der Waals surface area contributed by atoms with Crippen molar-refractivity contribution in [2.24, 2.45) is 0 Å². The number of nitrogens with one attached hydrogen (secondary N) is 2. The summed E-state index contributed by atoms with van der Waals surface area (Å²) in [6, 6.07) is 6.29. The number of thiazole rings is 1. The van der Waals surface area contributed by atoms with E-state index in [1.807, 2.05) is 0 Å². The number of rotatable bonds is 3. The van der Waals surface area contributed by atoms with Crippen LogP contribution in [0.5, 0.6) is 0 Å². The van der Waals surface area contributed by atoms with Crippen LogP contribution < -0.4 is 10.6 Å². The molecule has 20 heavy (non-hydrogen) atoms. The van der Waals surface area contributed by atoms with Crippen LogP contribution in [-0.4, -0.2) is 30.0 Å². The molecule has 2 N–H and O–H groups in total. The van der Waals surface area contributed by atoms with Gasteiger partial charge in [0.25, 0.3) is 5.91 Å². The summed E-state index contributed by atoms with van der Waals surface area (Å²) in [6.07, 6.45) is 0.945. The van der Waals surface area contributed by atoms with Crippen LogP contribution in [0.25, 0.3) is 10.6 Å². The summed E-state index contributed by atoms with van der Waals surface area (Å²) in [5, 5.41) is 8.60. The summed E-state index contributed by atoms with van der Waals surface area (Å²) >= 11 is 1.38. The van der Waals surface area contributed by atoms with Gasteiger partial charge in [0.1, 0.15) is 16.5 Å². The lowest BCUT2D eigenvalue weighted by Crippen LogP contribution is -2.36. The average Bonchev–Trinajstić information content (AvgIpc) is 3.10. The predicted molar refractivity (Wildman–Crippen MR) is 76.2 cm³/mol. The number of benzene rings is 1. The van der Waals surface area contributed by atoms with E-state index in [0.29, 0.717) is 5.69 Å². The normalized spacial score (nSPS) is 18.1. The quantitative estimate of drug-likeness (QED) is 0.910. The van der Waals surface area contributed by atoms with Crippen LogP contribution in [0.1, 0.15) is 16.9 Å². The Morgan fingerprint density at radius 3 is 2.90 bits per heavy atom. The van der Waals surface area contributed by atoms with Crippen molar-refractivity contribution in [1.82, 2.24) is 15.6 Å². The molecule has 1 aromatic carbocycles. The summed E-state index contributed by atoms with van der Waals surface area (Å²) < 4.78 is 12.9. The maximum atomic E-state index is 12.9. The van der Waals surface area contributed by atoms with Crippen molar-refractivity contribution < 1.29 is 9.18 Å². The van der Waals surface area contributed by atoms with Crippen molar-refractivity contribution in [3.8, 4) is 10.6 Å². The van der Waals surface area contributed by atoms with Gasteiger partial charge in [-0.15, -0.1) is 11.3 Å². The minimum absolute atomic E-state index is 0.150. The topological polar surface area (TPSA) is 54.0 Å². The van der Waals surface area contributed by atoms with Crippen molar-refractivity contribution in [1.29, 1.82) is 0 Å². The first-order valence-electron chi connectivity index (χ1n) is 6.45. The molecule has 1 saturated heterocycles. The summed E-state index contributed by atoms with van der Waals surface area (Å²) in [5.41, 5.74) is 1.24. The largest absolute Gasteiger partial charge is 0.347 e. The van der Waals surface area contributed by atoms with Gasteiger partial charge in [-0.2, -0.15) is 0 Å². The van der Waals surface area contributed by atoms with E-state index in [2.05, 4.69) is 15.6 Å². The lowest BCUT2D eigenvalue weighted by Gasteiger charge is -2.09. The summed E-state index contributed by atoms with van der Waals surface area (Å²) in [5.74, 6) is -0.430. The van der Waals surface area contributed by atoms with Crippen LogP contribution in [-0.2, 0) is 0 Å². The Bertz CT molecular complexity index is 605. The molecule has 1 amide bonds. The second-order valence-corrected chi connectivity index (χ2v) is 5.57. The van der Waals surface area contributed by atoms with Gasteiger partial charge in [-0.05, 0) is 37.2 Å². The van der Waals surface area contributed by atoms with Crippen LogP contribution >= 0.6 is 11.3 Å². The second kappa shape index (κ2) is 5.68. The SMILES string of the molecule is O=C(NC1CCNC1)c1csc(-c2ccc(F)cc2)n1. The van der Waals surface area contributed by atoms with Gasteiger partial charge in [-0.1, -0.05) is 0 Å². The fraction of sp³-hybridized carbons (Fsp3) is 0.286. The molecule has 0 saturated carbocycles. The third kappa shape index (κ3) is 2.86. The molecule has 1 atom stereocenters. The molecule has 0 radical (unpaired) electrons. The first kappa shape index (κ1) is 13.2. The van der Waals surface area contributed by atoms with Gasteiger partial charge in [0.2, 0.25) is 0 Å². The van der Waals surface area contributed by atoms with Gasteiger partial charge in [0.15, 0.2) is 0 Å². The van der Waals surface area contributed by atoms with Crippen molar-refractivity contribution in [3.05, 3.63) is 41.2 Å². The summed E-state index contributed by atoms with van der Waals surface area (Å²) in [6.45, 7) is 1.74. The van der Waals surface area contributed by atoms with E-state index in [-0.39, 0.29) is 17.8 Å². The zero-order chi connectivity index (χ0) is 13.9. The predicted octanol–water partition coefficient (Wildman–Crippen LogP) is 2.04. The Morgan fingerprint density at radius 1 is 1.40 bits per heavy atom. The van der Waals surface area contributed by atoms with Crippen molar-refractivity contribution >= 4 is 17.2 Å². The van der Waals surface area contributed by atoms with E-state index in [0.717, 1.165) is 30.1 Å². The molecule has 1 unspecified atom stereocenters. The average molecular weight is 291 g/mol. The first-order valence-corrected chi connectivity index (χ1v) is 7.33.